The van der Waals surface area contributed by atoms with Crippen LogP contribution in [0.2, 0.25) is 0 Å². The van der Waals surface area contributed by atoms with E-state index in [2.05, 4.69) is 19.2 Å². The lowest BCUT2D eigenvalue weighted by Gasteiger charge is -2.15. The van der Waals surface area contributed by atoms with E-state index in [4.69, 9.17) is 21.7 Å². The van der Waals surface area contributed by atoms with E-state index in [9.17, 15) is 9.59 Å². The van der Waals surface area contributed by atoms with E-state index in [1.165, 1.54) is 22.2 Å². The van der Waals surface area contributed by atoms with Gasteiger partial charge in [-0.25, -0.2) is 0 Å². The number of thioether (sulfide) groups is 1. The molecule has 2 heterocycles. The zero-order valence-corrected chi connectivity index (χ0v) is 18.8. The van der Waals surface area contributed by atoms with E-state index < -0.39 is 0 Å². The molecule has 31 heavy (non-hydrogen) atoms. The normalized spacial score (nSPS) is 16.5. The summed E-state index contributed by atoms with van der Waals surface area (Å²) >= 11 is 6.62. The molecule has 0 bridgehead atoms. The summed E-state index contributed by atoms with van der Waals surface area (Å²) in [5.41, 5.74) is 2.61. The molecule has 0 saturated carbocycles. The Morgan fingerprint density at radius 1 is 1.19 bits per heavy atom. The van der Waals surface area contributed by atoms with E-state index in [1.54, 1.807) is 6.08 Å². The van der Waals surface area contributed by atoms with Crippen LogP contribution in [0.3, 0.4) is 0 Å². The number of hydrogen-bond donors (Lipinski definition) is 1. The van der Waals surface area contributed by atoms with Crippen LogP contribution in [0.25, 0.3) is 6.08 Å². The summed E-state index contributed by atoms with van der Waals surface area (Å²) in [5, 5.41) is 2.86. The first-order chi connectivity index (χ1) is 14.9. The average Bonchev–Trinajstić information content (AvgIpc) is 3.33. The third kappa shape index (κ3) is 4.75. The molecule has 0 atom stereocenters. The lowest BCUT2D eigenvalue weighted by atomic mass is 10.0. The van der Waals surface area contributed by atoms with Gasteiger partial charge in [0.1, 0.15) is 4.32 Å². The van der Waals surface area contributed by atoms with E-state index >= 15 is 0 Å². The van der Waals surface area contributed by atoms with Gasteiger partial charge in [-0.3, -0.25) is 14.5 Å². The zero-order valence-electron chi connectivity index (χ0n) is 17.2. The van der Waals surface area contributed by atoms with Crippen molar-refractivity contribution >= 4 is 46.2 Å². The van der Waals surface area contributed by atoms with Crippen molar-refractivity contribution in [3.63, 3.8) is 0 Å². The third-order valence-electron chi connectivity index (χ3n) is 5.03. The summed E-state index contributed by atoms with van der Waals surface area (Å²) in [6.45, 7) is 5.05. The number of thiocarbonyl (C=S) groups is 1. The predicted molar refractivity (Wildman–Crippen MR) is 125 cm³/mol. The molecule has 0 aromatic heterocycles. The highest BCUT2D eigenvalue weighted by Crippen LogP contribution is 2.36. The van der Waals surface area contributed by atoms with Gasteiger partial charge in [0.2, 0.25) is 6.79 Å². The van der Waals surface area contributed by atoms with Gasteiger partial charge in [-0.05, 0) is 47.4 Å². The molecule has 2 aromatic carbocycles. The molecule has 0 radical (unpaired) electrons. The molecule has 1 saturated heterocycles. The van der Waals surface area contributed by atoms with Crippen molar-refractivity contribution in [1.82, 2.24) is 10.2 Å². The van der Waals surface area contributed by atoms with Crippen LogP contribution in [0.5, 0.6) is 11.5 Å². The maximum atomic E-state index is 12.8. The predicted octanol–water partition coefficient (Wildman–Crippen LogP) is 4.17. The number of ether oxygens (including phenoxy) is 2. The van der Waals surface area contributed by atoms with Crippen LogP contribution in [-0.4, -0.2) is 40.9 Å². The Kier molecular flexibility index (Phi) is 6.29. The van der Waals surface area contributed by atoms with Crippen molar-refractivity contribution in [2.75, 3.05) is 19.9 Å². The Morgan fingerprint density at radius 3 is 2.68 bits per heavy atom. The second kappa shape index (κ2) is 9.11. The molecule has 4 rings (SSSR count). The fourth-order valence-corrected chi connectivity index (χ4v) is 4.56. The Morgan fingerprint density at radius 2 is 1.94 bits per heavy atom. The topological polar surface area (TPSA) is 67.9 Å². The van der Waals surface area contributed by atoms with Gasteiger partial charge in [-0.1, -0.05) is 56.0 Å². The molecule has 1 fully saturated rings. The van der Waals surface area contributed by atoms with Gasteiger partial charge >= 0.3 is 0 Å². The molecule has 8 heteroatoms. The van der Waals surface area contributed by atoms with Gasteiger partial charge in [-0.15, -0.1) is 0 Å². The second-order valence-electron chi connectivity index (χ2n) is 7.48. The molecular weight excluding hydrogens is 432 g/mol. The van der Waals surface area contributed by atoms with Crippen LogP contribution in [0, 0.1) is 0 Å². The highest BCUT2D eigenvalue weighted by molar-refractivity contribution is 8.26. The summed E-state index contributed by atoms with van der Waals surface area (Å²) in [7, 11) is 0. The van der Waals surface area contributed by atoms with Crippen LogP contribution in [-0.2, 0) is 4.79 Å². The van der Waals surface area contributed by atoms with Crippen molar-refractivity contribution < 1.29 is 19.1 Å². The SMILES string of the molecule is CC(C)c1ccc(C(=O)NCCN2C(=O)C(=Cc3ccc4c(c3)OCO4)SC2=S)cc1. The van der Waals surface area contributed by atoms with Gasteiger partial charge in [0.15, 0.2) is 11.5 Å². The minimum Gasteiger partial charge on any atom is -0.454 e. The second-order valence-corrected chi connectivity index (χ2v) is 9.15. The lowest BCUT2D eigenvalue weighted by molar-refractivity contribution is -0.122. The maximum absolute atomic E-state index is 12.8. The standard InChI is InChI=1S/C23H22N2O4S2/c1-14(2)16-4-6-17(7-5-16)21(26)24-9-10-25-22(27)20(31-23(25)30)12-15-3-8-18-19(11-15)29-13-28-18/h3-8,11-12,14H,9-10,13H2,1-2H3,(H,24,26). The first-order valence-electron chi connectivity index (χ1n) is 9.95. The fraction of sp³-hybridized carbons (Fsp3) is 0.261. The molecule has 2 aliphatic rings. The zero-order chi connectivity index (χ0) is 22.0. The first-order valence-corrected chi connectivity index (χ1v) is 11.2. The Hall–Kier alpha value is -2.84. The molecule has 160 valence electrons. The van der Waals surface area contributed by atoms with Gasteiger partial charge < -0.3 is 14.8 Å². The number of carbonyl (C=O) groups excluding carboxylic acids is 2. The molecule has 0 spiro atoms. The number of amides is 2. The van der Waals surface area contributed by atoms with Crippen molar-refractivity contribution in [3.8, 4) is 11.5 Å². The quantitative estimate of drug-likeness (QED) is 0.522. The molecule has 2 aliphatic heterocycles. The minimum atomic E-state index is -0.170. The molecule has 1 N–H and O–H groups in total. The van der Waals surface area contributed by atoms with Crippen LogP contribution in [0.1, 0.15) is 41.3 Å². The number of rotatable bonds is 6. The highest BCUT2D eigenvalue weighted by atomic mass is 32.2. The van der Waals surface area contributed by atoms with Crippen LogP contribution < -0.4 is 14.8 Å². The van der Waals surface area contributed by atoms with Crippen molar-refractivity contribution in [2.45, 2.75) is 19.8 Å². The summed E-state index contributed by atoms with van der Waals surface area (Å²) in [6, 6.07) is 13.1. The molecule has 2 amide bonds. The first kappa shape index (κ1) is 21.4. The molecule has 2 aromatic rings. The monoisotopic (exact) mass is 454 g/mol. The third-order valence-corrected chi connectivity index (χ3v) is 6.41. The number of hydrogen-bond acceptors (Lipinski definition) is 6. The average molecular weight is 455 g/mol. The van der Waals surface area contributed by atoms with Crippen LogP contribution >= 0.6 is 24.0 Å². The lowest BCUT2D eigenvalue weighted by Crippen LogP contribution is -2.37. The fourth-order valence-electron chi connectivity index (χ4n) is 3.25. The van der Waals surface area contributed by atoms with Crippen molar-refractivity contribution in [3.05, 3.63) is 64.1 Å². The molecular formula is C23H22N2O4S2. The number of benzene rings is 2. The largest absolute Gasteiger partial charge is 0.454 e. The number of nitrogens with zero attached hydrogens (tertiary/aromatic N) is 1. The number of carbonyl (C=O) groups is 2. The van der Waals surface area contributed by atoms with Gasteiger partial charge in [0.25, 0.3) is 11.8 Å². The summed E-state index contributed by atoms with van der Waals surface area (Å²) < 4.78 is 11.2. The Bertz CT molecular complexity index is 1060. The number of fused-ring (bicyclic) bond motifs is 1. The molecule has 0 unspecified atom stereocenters. The van der Waals surface area contributed by atoms with Crippen LogP contribution in [0.15, 0.2) is 47.4 Å². The smallest absolute Gasteiger partial charge is 0.266 e. The van der Waals surface area contributed by atoms with E-state index in [1.807, 2.05) is 42.5 Å². The Balaban J connectivity index is 1.34. The van der Waals surface area contributed by atoms with E-state index in [0.717, 1.165) is 5.56 Å². The van der Waals surface area contributed by atoms with Crippen molar-refractivity contribution in [2.24, 2.45) is 0 Å². The Labute approximate surface area is 190 Å². The van der Waals surface area contributed by atoms with Crippen LogP contribution in [0.4, 0.5) is 0 Å². The van der Waals surface area contributed by atoms with Gasteiger partial charge in [-0.2, -0.15) is 0 Å². The van der Waals surface area contributed by atoms with Crippen molar-refractivity contribution in [1.29, 1.82) is 0 Å². The highest BCUT2D eigenvalue weighted by Gasteiger charge is 2.31. The summed E-state index contributed by atoms with van der Waals surface area (Å²) in [6.07, 6.45) is 1.79. The number of nitrogens with one attached hydrogen (secondary N) is 1. The summed E-state index contributed by atoms with van der Waals surface area (Å²) in [4.78, 5) is 27.2. The molecule has 6 nitrogen and oxygen atoms in total. The van der Waals surface area contributed by atoms with E-state index in [0.29, 0.717) is 45.3 Å². The van der Waals surface area contributed by atoms with E-state index in [-0.39, 0.29) is 18.6 Å². The molecule has 0 aliphatic carbocycles. The summed E-state index contributed by atoms with van der Waals surface area (Å²) in [5.74, 6) is 1.43. The minimum absolute atomic E-state index is 0.164. The van der Waals surface area contributed by atoms with Gasteiger partial charge in [0, 0.05) is 18.7 Å². The van der Waals surface area contributed by atoms with Gasteiger partial charge in [0.05, 0.1) is 4.91 Å². The maximum Gasteiger partial charge on any atom is 0.266 e.